The number of hydrogen-bond acceptors (Lipinski definition) is 4. The van der Waals surface area contributed by atoms with Crippen molar-refractivity contribution >= 4 is 5.91 Å². The van der Waals surface area contributed by atoms with E-state index >= 15 is 0 Å². The van der Waals surface area contributed by atoms with Crippen LogP contribution in [0.3, 0.4) is 0 Å². The van der Waals surface area contributed by atoms with Gasteiger partial charge in [0.1, 0.15) is 0 Å². The molecule has 1 spiro atoms. The minimum Gasteiger partial charge on any atom is -0.352 e. The van der Waals surface area contributed by atoms with E-state index in [9.17, 15) is 4.79 Å². The number of ether oxygens (including phenoxy) is 2. The van der Waals surface area contributed by atoms with Crippen LogP contribution in [0.25, 0.3) is 0 Å². The van der Waals surface area contributed by atoms with E-state index < -0.39 is 5.79 Å². The van der Waals surface area contributed by atoms with Crippen molar-refractivity contribution in [1.82, 2.24) is 10.2 Å². The second-order valence-electron chi connectivity index (χ2n) is 5.68. The molecule has 0 aromatic heterocycles. The molecule has 2 atom stereocenters. The van der Waals surface area contributed by atoms with Gasteiger partial charge in [-0.3, -0.25) is 9.69 Å². The number of hydrogen-bond donors (Lipinski definition) is 1. The predicted molar refractivity (Wildman–Crippen MR) is 72.8 cm³/mol. The lowest BCUT2D eigenvalue weighted by molar-refractivity contribution is -0.193. The van der Waals surface area contributed by atoms with Crippen LogP contribution in [-0.2, 0) is 14.3 Å². The lowest BCUT2D eigenvalue weighted by atomic mass is 10.0. The number of nitrogens with zero attached hydrogens (tertiary/aromatic N) is 1. The van der Waals surface area contributed by atoms with Gasteiger partial charge in [0.05, 0.1) is 25.8 Å². The molecular formula is C14H26N2O3. The molecule has 2 aliphatic heterocycles. The molecule has 0 aliphatic carbocycles. The molecule has 19 heavy (non-hydrogen) atoms. The molecule has 0 saturated carbocycles. The first-order valence-electron chi connectivity index (χ1n) is 7.38. The Labute approximate surface area is 115 Å². The van der Waals surface area contributed by atoms with E-state index in [1.807, 2.05) is 13.8 Å². The summed E-state index contributed by atoms with van der Waals surface area (Å²) in [5, 5.41) is 3.04. The Morgan fingerprint density at radius 2 is 2.05 bits per heavy atom. The molecule has 0 radical (unpaired) electrons. The molecule has 5 heteroatoms. The van der Waals surface area contributed by atoms with Gasteiger partial charge in [0.25, 0.3) is 0 Å². The molecule has 5 nitrogen and oxygen atoms in total. The minimum absolute atomic E-state index is 0.101. The second kappa shape index (κ2) is 6.20. The average molecular weight is 270 g/mol. The summed E-state index contributed by atoms with van der Waals surface area (Å²) in [6.07, 6.45) is 2.90. The van der Waals surface area contributed by atoms with Crippen molar-refractivity contribution in [3.63, 3.8) is 0 Å². The molecule has 0 aromatic carbocycles. The first-order valence-corrected chi connectivity index (χ1v) is 7.38. The van der Waals surface area contributed by atoms with Gasteiger partial charge in [0.2, 0.25) is 5.91 Å². The van der Waals surface area contributed by atoms with Crippen molar-refractivity contribution in [3.05, 3.63) is 0 Å². The molecule has 2 heterocycles. The van der Waals surface area contributed by atoms with Crippen LogP contribution in [0.1, 0.15) is 40.0 Å². The molecule has 1 N–H and O–H groups in total. The van der Waals surface area contributed by atoms with Crippen LogP contribution < -0.4 is 5.32 Å². The standard InChI is InChI=1S/C14H26N2O3/c1-4-11(2)15-13(17)12(3)16-7-5-6-14(10-16)18-8-9-19-14/h11-12H,4-10H2,1-3H3,(H,15,17). The molecule has 2 saturated heterocycles. The number of carbonyl (C=O) groups is 1. The Hall–Kier alpha value is -0.650. The summed E-state index contributed by atoms with van der Waals surface area (Å²) in [7, 11) is 0. The average Bonchev–Trinajstić information content (AvgIpc) is 2.85. The molecule has 0 bridgehead atoms. The van der Waals surface area contributed by atoms with Crippen LogP contribution in [0.2, 0.25) is 0 Å². The zero-order valence-corrected chi connectivity index (χ0v) is 12.3. The summed E-state index contributed by atoms with van der Waals surface area (Å²) in [6, 6.07) is 0.103. The Balaban J connectivity index is 1.91. The molecule has 2 aliphatic rings. The Morgan fingerprint density at radius 3 is 2.68 bits per heavy atom. The summed E-state index contributed by atoms with van der Waals surface area (Å²) >= 11 is 0. The van der Waals surface area contributed by atoms with E-state index in [1.54, 1.807) is 0 Å². The number of likely N-dealkylation sites (tertiary alicyclic amines) is 1. The van der Waals surface area contributed by atoms with Crippen LogP contribution in [0, 0.1) is 0 Å². The van der Waals surface area contributed by atoms with Gasteiger partial charge in [-0.2, -0.15) is 0 Å². The third-order valence-corrected chi connectivity index (χ3v) is 4.19. The van der Waals surface area contributed by atoms with Crippen molar-refractivity contribution in [2.45, 2.75) is 57.9 Å². The number of rotatable bonds is 4. The molecule has 2 rings (SSSR count). The van der Waals surface area contributed by atoms with E-state index in [-0.39, 0.29) is 18.0 Å². The Kier molecular flexibility index (Phi) is 4.81. The zero-order valence-electron chi connectivity index (χ0n) is 12.3. The fraction of sp³-hybridized carbons (Fsp3) is 0.929. The predicted octanol–water partition coefficient (Wildman–Crippen LogP) is 1.13. The Bertz CT molecular complexity index is 316. The van der Waals surface area contributed by atoms with E-state index in [4.69, 9.17) is 9.47 Å². The van der Waals surface area contributed by atoms with Crippen LogP contribution >= 0.6 is 0 Å². The lowest BCUT2D eigenvalue weighted by Gasteiger charge is -2.41. The van der Waals surface area contributed by atoms with Crippen molar-refractivity contribution in [3.8, 4) is 0 Å². The smallest absolute Gasteiger partial charge is 0.237 e. The highest BCUT2D eigenvalue weighted by molar-refractivity contribution is 5.81. The maximum atomic E-state index is 12.2. The zero-order chi connectivity index (χ0) is 13.9. The van der Waals surface area contributed by atoms with Gasteiger partial charge in [-0.25, -0.2) is 0 Å². The van der Waals surface area contributed by atoms with Gasteiger partial charge in [-0.15, -0.1) is 0 Å². The summed E-state index contributed by atoms with van der Waals surface area (Å²) in [4.78, 5) is 14.4. The van der Waals surface area contributed by atoms with Gasteiger partial charge >= 0.3 is 0 Å². The Morgan fingerprint density at radius 1 is 1.37 bits per heavy atom. The van der Waals surface area contributed by atoms with Crippen molar-refractivity contribution in [2.24, 2.45) is 0 Å². The van der Waals surface area contributed by atoms with E-state index in [0.29, 0.717) is 19.8 Å². The molecule has 0 aromatic rings. The van der Waals surface area contributed by atoms with Gasteiger partial charge in [-0.1, -0.05) is 6.92 Å². The highest BCUT2D eigenvalue weighted by Gasteiger charge is 2.42. The van der Waals surface area contributed by atoms with Gasteiger partial charge in [-0.05, 0) is 33.2 Å². The summed E-state index contributed by atoms with van der Waals surface area (Å²) < 4.78 is 11.5. The highest BCUT2D eigenvalue weighted by atomic mass is 16.7. The maximum absolute atomic E-state index is 12.2. The van der Waals surface area contributed by atoms with Gasteiger partial charge in [0, 0.05) is 12.5 Å². The first kappa shape index (κ1) is 14.8. The van der Waals surface area contributed by atoms with E-state index in [1.165, 1.54) is 0 Å². The number of piperidine rings is 1. The molecule has 1 amide bonds. The summed E-state index contributed by atoms with van der Waals surface area (Å²) in [5.74, 6) is -0.354. The maximum Gasteiger partial charge on any atom is 0.237 e. The van der Waals surface area contributed by atoms with Crippen molar-refractivity contribution in [2.75, 3.05) is 26.3 Å². The number of carbonyl (C=O) groups excluding carboxylic acids is 1. The minimum atomic E-state index is -0.455. The monoisotopic (exact) mass is 270 g/mol. The molecular weight excluding hydrogens is 244 g/mol. The van der Waals surface area contributed by atoms with Gasteiger partial charge < -0.3 is 14.8 Å². The SMILES string of the molecule is CCC(C)NC(=O)C(C)N1CCCC2(C1)OCCO2. The lowest BCUT2D eigenvalue weighted by Crippen LogP contribution is -2.56. The molecule has 110 valence electrons. The van der Waals surface area contributed by atoms with Crippen LogP contribution in [0.4, 0.5) is 0 Å². The summed E-state index contributed by atoms with van der Waals surface area (Å²) in [6.45, 7) is 9.04. The molecule has 2 unspecified atom stereocenters. The third-order valence-electron chi connectivity index (χ3n) is 4.19. The third kappa shape index (κ3) is 3.46. The number of nitrogens with one attached hydrogen (secondary N) is 1. The highest BCUT2D eigenvalue weighted by Crippen LogP contribution is 2.30. The van der Waals surface area contributed by atoms with E-state index in [0.717, 1.165) is 25.8 Å². The van der Waals surface area contributed by atoms with Crippen LogP contribution in [0.15, 0.2) is 0 Å². The molecule has 2 fully saturated rings. The van der Waals surface area contributed by atoms with Crippen LogP contribution in [-0.4, -0.2) is 55.0 Å². The second-order valence-corrected chi connectivity index (χ2v) is 5.68. The largest absolute Gasteiger partial charge is 0.352 e. The topological polar surface area (TPSA) is 50.8 Å². The van der Waals surface area contributed by atoms with E-state index in [2.05, 4.69) is 17.1 Å². The normalized spacial score (nSPS) is 26.3. The summed E-state index contributed by atoms with van der Waals surface area (Å²) in [5.41, 5.74) is 0. The fourth-order valence-corrected chi connectivity index (χ4v) is 2.71. The van der Waals surface area contributed by atoms with Crippen molar-refractivity contribution < 1.29 is 14.3 Å². The van der Waals surface area contributed by atoms with Gasteiger partial charge in [0.15, 0.2) is 5.79 Å². The quantitative estimate of drug-likeness (QED) is 0.832. The number of amides is 1. The van der Waals surface area contributed by atoms with Crippen molar-refractivity contribution in [1.29, 1.82) is 0 Å². The van der Waals surface area contributed by atoms with Crippen LogP contribution in [0.5, 0.6) is 0 Å². The first-order chi connectivity index (χ1) is 9.06. The fourth-order valence-electron chi connectivity index (χ4n) is 2.71.